The van der Waals surface area contributed by atoms with Gasteiger partial charge in [0.05, 0.1) is 0 Å². The van der Waals surface area contributed by atoms with Crippen molar-refractivity contribution >= 4 is 23.0 Å². The van der Waals surface area contributed by atoms with Gasteiger partial charge >= 0.3 is 5.97 Å². The Hall–Kier alpha value is -0.310. The lowest BCUT2D eigenvalue weighted by atomic mass is 10.5. The summed E-state index contributed by atoms with van der Waals surface area (Å²) in [4.78, 5) is 9.51. The molecule has 0 saturated carbocycles. The maximum absolute atomic E-state index is 9.51. The van der Waals surface area contributed by atoms with Crippen LogP contribution < -0.4 is 0 Å². The lowest BCUT2D eigenvalue weighted by Crippen LogP contribution is -1.83. The van der Waals surface area contributed by atoms with E-state index in [1.165, 1.54) is 6.08 Å². The van der Waals surface area contributed by atoms with E-state index in [4.69, 9.17) is 5.11 Å². The van der Waals surface area contributed by atoms with E-state index in [1.807, 2.05) is 0 Å². The molecule has 0 bridgehead atoms. The molecule has 0 amide bonds. The molecular weight excluding hydrogens is 160 g/mol. The van der Waals surface area contributed by atoms with Gasteiger partial charge < -0.3 is 5.11 Å². The molecule has 0 atom stereocenters. The van der Waals surface area contributed by atoms with E-state index in [0.717, 1.165) is 6.08 Å². The minimum absolute atomic E-state index is 0. The summed E-state index contributed by atoms with van der Waals surface area (Å²) in [5, 5.41) is 7.83. The molecule has 0 spiro atoms. The monoisotopic (exact) mass is 166 g/mol. The van der Waals surface area contributed by atoms with E-state index in [2.05, 4.69) is 0 Å². The van der Waals surface area contributed by atoms with Gasteiger partial charge in [-0.2, -0.15) is 0 Å². The van der Waals surface area contributed by atoms with Gasteiger partial charge in [0.25, 0.3) is 0 Å². The van der Waals surface area contributed by atoms with Crippen LogP contribution in [0.4, 0.5) is 0 Å². The van der Waals surface area contributed by atoms with Crippen molar-refractivity contribution in [2.45, 2.75) is 6.92 Å². The largest absolute Gasteiger partial charge is 0.478 e. The van der Waals surface area contributed by atoms with Crippen LogP contribution in [0.3, 0.4) is 0 Å². The Kier molecular flexibility index (Phi) is 8.00. The molecule has 0 aliphatic carbocycles. The Balaban J connectivity index is 0. The summed E-state index contributed by atoms with van der Waals surface area (Å²) in [6.45, 7) is 1.66. The molecule has 3 heteroatoms. The Morgan fingerprint density at radius 2 is 2.14 bits per heavy atom. The predicted molar refractivity (Wildman–Crippen MR) is 32.8 cm³/mol. The third-order valence-electron chi connectivity index (χ3n) is 0.309. The number of aliphatic carboxylic acids is 1. The second-order valence-corrected chi connectivity index (χ2v) is 0.838. The molecule has 1 N–H and O–H groups in total. The number of rotatable bonds is 1. The second-order valence-electron chi connectivity index (χ2n) is 0.838. The number of halogens is 1. The molecule has 0 aliphatic rings. The van der Waals surface area contributed by atoms with Gasteiger partial charge in [0.15, 0.2) is 0 Å². The van der Waals surface area contributed by atoms with Gasteiger partial charge in [0, 0.05) is 6.08 Å². The first-order chi connectivity index (χ1) is 2.77. The summed E-state index contributed by atoms with van der Waals surface area (Å²) in [5.41, 5.74) is 0. The normalized spacial score (nSPS) is 8.14. The van der Waals surface area contributed by atoms with Gasteiger partial charge in [-0.25, -0.2) is 4.79 Å². The standard InChI is InChI=1S/C4H6O2.BrH/c1-2-3-4(5)6;/h2-3H,1H3,(H,5,6);1H/b3-2+;. The molecule has 0 heterocycles. The van der Waals surface area contributed by atoms with E-state index in [-0.39, 0.29) is 17.0 Å². The zero-order chi connectivity index (χ0) is 4.99. The van der Waals surface area contributed by atoms with Crippen molar-refractivity contribution in [2.24, 2.45) is 0 Å². The Morgan fingerprint density at radius 3 is 2.14 bits per heavy atom. The molecule has 0 unspecified atom stereocenters. The first-order valence-corrected chi connectivity index (χ1v) is 1.63. The highest BCUT2D eigenvalue weighted by Gasteiger charge is 1.76. The van der Waals surface area contributed by atoms with Crippen LogP contribution >= 0.6 is 17.0 Å². The van der Waals surface area contributed by atoms with Crippen molar-refractivity contribution in [1.82, 2.24) is 0 Å². The zero-order valence-corrected chi connectivity index (χ0v) is 5.63. The Morgan fingerprint density at radius 1 is 1.71 bits per heavy atom. The van der Waals surface area contributed by atoms with Crippen LogP contribution in [0.5, 0.6) is 0 Å². The van der Waals surface area contributed by atoms with E-state index < -0.39 is 5.97 Å². The number of carbonyl (C=O) groups is 1. The first-order valence-electron chi connectivity index (χ1n) is 1.63. The molecule has 7 heavy (non-hydrogen) atoms. The molecule has 0 aromatic carbocycles. The molecule has 0 fully saturated rings. The summed E-state index contributed by atoms with van der Waals surface area (Å²) >= 11 is 0. The maximum atomic E-state index is 9.51. The smallest absolute Gasteiger partial charge is 0.327 e. The highest BCUT2D eigenvalue weighted by Crippen LogP contribution is 1.65. The summed E-state index contributed by atoms with van der Waals surface area (Å²) in [7, 11) is 0. The minimum atomic E-state index is -0.891. The maximum Gasteiger partial charge on any atom is 0.327 e. The fourth-order valence-electron chi connectivity index (χ4n) is 0.143. The molecule has 0 aromatic heterocycles. The van der Waals surface area contributed by atoms with Crippen molar-refractivity contribution in [3.63, 3.8) is 0 Å². The SMILES string of the molecule is Br.C/C=C/C(=O)O. The molecule has 2 nitrogen and oxygen atoms in total. The van der Waals surface area contributed by atoms with Gasteiger partial charge in [0.1, 0.15) is 0 Å². The summed E-state index contributed by atoms with van der Waals surface area (Å²) < 4.78 is 0. The van der Waals surface area contributed by atoms with E-state index >= 15 is 0 Å². The Labute approximate surface area is 52.6 Å². The van der Waals surface area contributed by atoms with Crippen LogP contribution in [0.1, 0.15) is 6.92 Å². The average molecular weight is 167 g/mol. The van der Waals surface area contributed by atoms with Crippen molar-refractivity contribution < 1.29 is 9.90 Å². The topological polar surface area (TPSA) is 37.3 Å². The van der Waals surface area contributed by atoms with Crippen LogP contribution in [-0.2, 0) is 4.79 Å². The lowest BCUT2D eigenvalue weighted by molar-refractivity contribution is -0.131. The zero-order valence-electron chi connectivity index (χ0n) is 3.92. The van der Waals surface area contributed by atoms with Gasteiger partial charge in [0.2, 0.25) is 0 Å². The fraction of sp³-hybridized carbons (Fsp3) is 0.250. The van der Waals surface area contributed by atoms with Crippen LogP contribution in [0, 0.1) is 0 Å². The third kappa shape index (κ3) is 10.7. The van der Waals surface area contributed by atoms with Gasteiger partial charge in [-0.05, 0) is 6.92 Å². The van der Waals surface area contributed by atoms with Crippen LogP contribution in [0.25, 0.3) is 0 Å². The predicted octanol–water partition coefficient (Wildman–Crippen LogP) is 1.23. The minimum Gasteiger partial charge on any atom is -0.478 e. The molecular formula is C4H7BrO2. The van der Waals surface area contributed by atoms with Crippen molar-refractivity contribution in [3.8, 4) is 0 Å². The number of hydrogen-bond donors (Lipinski definition) is 1. The van der Waals surface area contributed by atoms with Gasteiger partial charge in [-0.15, -0.1) is 17.0 Å². The lowest BCUT2D eigenvalue weighted by Gasteiger charge is -1.68. The summed E-state index contributed by atoms with van der Waals surface area (Å²) in [6.07, 6.45) is 2.56. The highest BCUT2D eigenvalue weighted by atomic mass is 79.9. The number of carboxylic acids is 1. The number of carboxylic acid groups (broad SMARTS) is 1. The van der Waals surface area contributed by atoms with Crippen LogP contribution in [0.2, 0.25) is 0 Å². The molecule has 0 saturated heterocycles. The van der Waals surface area contributed by atoms with Gasteiger partial charge in [-0.1, -0.05) is 6.08 Å². The fourth-order valence-corrected chi connectivity index (χ4v) is 0.143. The summed E-state index contributed by atoms with van der Waals surface area (Å²) in [6, 6.07) is 0. The molecule has 42 valence electrons. The number of allylic oxidation sites excluding steroid dienone is 1. The van der Waals surface area contributed by atoms with Gasteiger partial charge in [-0.3, -0.25) is 0 Å². The third-order valence-corrected chi connectivity index (χ3v) is 0.309. The first kappa shape index (κ1) is 9.85. The average Bonchev–Trinajstić information content (AvgIpc) is 1.35. The Bertz CT molecular complexity index is 77.8. The van der Waals surface area contributed by atoms with E-state index in [0.29, 0.717) is 0 Å². The van der Waals surface area contributed by atoms with Crippen LogP contribution in [0.15, 0.2) is 12.2 Å². The molecule has 0 radical (unpaired) electrons. The second kappa shape index (κ2) is 5.69. The van der Waals surface area contributed by atoms with Crippen molar-refractivity contribution in [3.05, 3.63) is 12.2 Å². The quantitative estimate of drug-likeness (QED) is 0.596. The number of hydrogen-bond acceptors (Lipinski definition) is 1. The van der Waals surface area contributed by atoms with E-state index in [1.54, 1.807) is 6.92 Å². The van der Waals surface area contributed by atoms with E-state index in [9.17, 15) is 4.79 Å². The van der Waals surface area contributed by atoms with Crippen molar-refractivity contribution in [1.29, 1.82) is 0 Å². The highest BCUT2D eigenvalue weighted by molar-refractivity contribution is 8.93. The molecule has 0 aromatic rings. The van der Waals surface area contributed by atoms with Crippen LogP contribution in [-0.4, -0.2) is 11.1 Å². The molecule has 0 rings (SSSR count). The molecule has 0 aliphatic heterocycles. The van der Waals surface area contributed by atoms with Crippen molar-refractivity contribution in [2.75, 3.05) is 0 Å². The summed E-state index contributed by atoms with van der Waals surface area (Å²) in [5.74, 6) is -0.891.